The molecule has 6 nitrogen and oxygen atoms in total. The van der Waals surface area contributed by atoms with Crippen molar-refractivity contribution in [3.8, 4) is 11.5 Å². The van der Waals surface area contributed by atoms with Crippen molar-refractivity contribution in [3.63, 3.8) is 0 Å². The summed E-state index contributed by atoms with van der Waals surface area (Å²) in [6.45, 7) is 12.6. The van der Waals surface area contributed by atoms with Crippen LogP contribution in [0.2, 0.25) is 0 Å². The Hall–Kier alpha value is -2.86. The molecule has 162 valence electrons. The summed E-state index contributed by atoms with van der Waals surface area (Å²) in [6.07, 6.45) is 0.576. The van der Waals surface area contributed by atoms with Gasteiger partial charge < -0.3 is 19.3 Å². The van der Waals surface area contributed by atoms with Crippen LogP contribution in [0.15, 0.2) is 6.07 Å². The van der Waals surface area contributed by atoms with Gasteiger partial charge in [-0.2, -0.15) is 0 Å². The van der Waals surface area contributed by atoms with Crippen LogP contribution >= 0.6 is 0 Å². The van der Waals surface area contributed by atoms with Gasteiger partial charge in [-0.15, -0.1) is 0 Å². The van der Waals surface area contributed by atoms with Crippen LogP contribution in [0.3, 0.4) is 0 Å². The molecule has 0 aliphatic heterocycles. The highest BCUT2D eigenvalue weighted by atomic mass is 16.7. The van der Waals surface area contributed by atoms with Crippen molar-refractivity contribution < 1.29 is 28.9 Å². The quantitative estimate of drug-likeness (QED) is 0.416. The first-order chi connectivity index (χ1) is 14.1. The van der Waals surface area contributed by atoms with Gasteiger partial charge in [-0.1, -0.05) is 6.92 Å². The first-order valence-corrected chi connectivity index (χ1v) is 9.87. The Bertz CT molecular complexity index is 1000. The van der Waals surface area contributed by atoms with E-state index >= 15 is 0 Å². The zero-order chi connectivity index (χ0) is 22.7. The SMILES string of the molecule is CCc1c(C)c(C(=O)OCOC)c(C)c(C)c1OC(=O)c1c(C)cc(O)c(C)c1C. The maximum absolute atomic E-state index is 13.1. The number of benzene rings is 2. The van der Waals surface area contributed by atoms with Crippen LogP contribution in [0.1, 0.15) is 66.6 Å². The topological polar surface area (TPSA) is 82.1 Å². The minimum atomic E-state index is -0.487. The van der Waals surface area contributed by atoms with E-state index in [-0.39, 0.29) is 12.5 Å². The molecule has 0 aliphatic rings. The van der Waals surface area contributed by atoms with E-state index in [1.165, 1.54) is 7.11 Å². The summed E-state index contributed by atoms with van der Waals surface area (Å²) in [6, 6.07) is 1.57. The summed E-state index contributed by atoms with van der Waals surface area (Å²) < 4.78 is 15.9. The van der Waals surface area contributed by atoms with Crippen molar-refractivity contribution in [2.75, 3.05) is 13.9 Å². The first-order valence-electron chi connectivity index (χ1n) is 9.87. The van der Waals surface area contributed by atoms with Crippen LogP contribution in [0.4, 0.5) is 0 Å². The van der Waals surface area contributed by atoms with Gasteiger partial charge in [-0.3, -0.25) is 0 Å². The van der Waals surface area contributed by atoms with Gasteiger partial charge in [-0.05, 0) is 93.0 Å². The van der Waals surface area contributed by atoms with Crippen LogP contribution in [0.25, 0.3) is 0 Å². The number of ether oxygens (including phenoxy) is 3. The molecule has 0 unspecified atom stereocenters. The number of methoxy groups -OCH3 is 1. The van der Waals surface area contributed by atoms with Crippen LogP contribution in [-0.2, 0) is 15.9 Å². The molecular weight excluding hydrogens is 384 g/mol. The molecule has 0 amide bonds. The number of hydrogen-bond acceptors (Lipinski definition) is 6. The average Bonchev–Trinajstić information content (AvgIpc) is 2.69. The highest BCUT2D eigenvalue weighted by Crippen LogP contribution is 2.35. The van der Waals surface area contributed by atoms with Crippen LogP contribution in [-0.4, -0.2) is 30.9 Å². The predicted molar refractivity (Wildman–Crippen MR) is 115 cm³/mol. The summed E-state index contributed by atoms with van der Waals surface area (Å²) in [5.74, 6) is -0.342. The lowest BCUT2D eigenvalue weighted by molar-refractivity contribution is -0.0126. The minimum Gasteiger partial charge on any atom is -0.508 e. The lowest BCUT2D eigenvalue weighted by atomic mass is 9.91. The van der Waals surface area contributed by atoms with Gasteiger partial charge >= 0.3 is 11.9 Å². The van der Waals surface area contributed by atoms with Gasteiger partial charge in [0.25, 0.3) is 0 Å². The molecule has 2 aromatic rings. The second kappa shape index (κ2) is 9.30. The molecule has 6 heteroatoms. The van der Waals surface area contributed by atoms with Crippen LogP contribution in [0.5, 0.6) is 11.5 Å². The van der Waals surface area contributed by atoms with E-state index in [4.69, 9.17) is 14.2 Å². The molecule has 1 N–H and O–H groups in total. The van der Waals surface area contributed by atoms with E-state index < -0.39 is 11.9 Å². The predicted octanol–water partition coefficient (Wildman–Crippen LogP) is 4.79. The molecule has 0 saturated heterocycles. The van der Waals surface area contributed by atoms with E-state index in [1.807, 2.05) is 27.7 Å². The molecule has 2 aromatic carbocycles. The Kier molecular flexibility index (Phi) is 7.26. The number of aryl methyl sites for hydroxylation is 1. The van der Waals surface area contributed by atoms with E-state index in [9.17, 15) is 14.7 Å². The third kappa shape index (κ3) is 4.19. The summed E-state index contributed by atoms with van der Waals surface area (Å²) in [5, 5.41) is 10.0. The summed E-state index contributed by atoms with van der Waals surface area (Å²) in [4.78, 5) is 25.7. The van der Waals surface area contributed by atoms with Gasteiger partial charge in [-0.25, -0.2) is 9.59 Å². The number of phenolic OH excluding ortho intramolecular Hbond substituents is 1. The number of carbonyl (C=O) groups excluding carboxylic acids is 2. The smallest absolute Gasteiger partial charge is 0.344 e. The van der Waals surface area contributed by atoms with E-state index in [2.05, 4.69) is 0 Å². The molecule has 0 aromatic heterocycles. The molecule has 30 heavy (non-hydrogen) atoms. The Morgan fingerprint density at radius 3 is 2.03 bits per heavy atom. The van der Waals surface area contributed by atoms with Gasteiger partial charge in [0, 0.05) is 7.11 Å². The molecule has 0 atom stereocenters. The fourth-order valence-corrected chi connectivity index (χ4v) is 3.76. The highest BCUT2D eigenvalue weighted by Gasteiger charge is 2.26. The molecule has 0 heterocycles. The van der Waals surface area contributed by atoms with E-state index in [0.717, 1.165) is 11.1 Å². The Balaban J connectivity index is 2.58. The van der Waals surface area contributed by atoms with Crippen molar-refractivity contribution in [3.05, 3.63) is 56.1 Å². The third-order valence-corrected chi connectivity index (χ3v) is 5.71. The fourth-order valence-electron chi connectivity index (χ4n) is 3.76. The largest absolute Gasteiger partial charge is 0.508 e. The summed E-state index contributed by atoms with van der Waals surface area (Å²) >= 11 is 0. The van der Waals surface area contributed by atoms with E-state index in [1.54, 1.807) is 26.8 Å². The fraction of sp³-hybridized carbons (Fsp3) is 0.417. The molecule has 0 aliphatic carbocycles. The van der Waals surface area contributed by atoms with Crippen molar-refractivity contribution in [1.29, 1.82) is 0 Å². The normalized spacial score (nSPS) is 10.8. The van der Waals surface area contributed by atoms with Gasteiger partial charge in [0.2, 0.25) is 0 Å². The molecule has 0 spiro atoms. The maximum atomic E-state index is 13.1. The van der Waals surface area contributed by atoms with E-state index in [0.29, 0.717) is 51.1 Å². The number of phenols is 1. The Morgan fingerprint density at radius 1 is 0.867 bits per heavy atom. The Labute approximate surface area is 177 Å². The monoisotopic (exact) mass is 414 g/mol. The molecule has 2 rings (SSSR count). The number of aromatic hydroxyl groups is 1. The second-order valence-corrected chi connectivity index (χ2v) is 7.48. The Morgan fingerprint density at radius 2 is 1.47 bits per heavy atom. The van der Waals surface area contributed by atoms with Crippen molar-refractivity contribution in [1.82, 2.24) is 0 Å². The number of rotatable bonds is 6. The standard InChI is InChI=1S/C24H30O6/c1-9-18-17(7)21(23(26)29-11-28-8)15(5)16(6)22(18)30-24(27)20-12(2)10-19(25)13(3)14(20)4/h10,25H,9,11H2,1-8H3. The molecule has 0 saturated carbocycles. The van der Waals surface area contributed by atoms with Gasteiger partial charge in [0.15, 0.2) is 6.79 Å². The van der Waals surface area contributed by atoms with Crippen molar-refractivity contribution in [2.45, 2.75) is 54.9 Å². The highest BCUT2D eigenvalue weighted by molar-refractivity contribution is 5.97. The minimum absolute atomic E-state index is 0.131. The summed E-state index contributed by atoms with van der Waals surface area (Å²) in [5.41, 5.74) is 5.78. The number of carbonyl (C=O) groups is 2. The molecule has 0 radical (unpaired) electrons. The second-order valence-electron chi connectivity index (χ2n) is 7.48. The average molecular weight is 414 g/mol. The lowest BCUT2D eigenvalue weighted by Gasteiger charge is -2.21. The summed E-state index contributed by atoms with van der Waals surface area (Å²) in [7, 11) is 1.45. The third-order valence-electron chi connectivity index (χ3n) is 5.71. The number of esters is 2. The zero-order valence-corrected chi connectivity index (χ0v) is 19.0. The van der Waals surface area contributed by atoms with Gasteiger partial charge in [0.1, 0.15) is 11.5 Å². The van der Waals surface area contributed by atoms with Gasteiger partial charge in [0.05, 0.1) is 11.1 Å². The van der Waals surface area contributed by atoms with Crippen molar-refractivity contribution >= 4 is 11.9 Å². The van der Waals surface area contributed by atoms with Crippen LogP contribution < -0.4 is 4.74 Å². The first kappa shape index (κ1) is 23.4. The molecule has 0 fully saturated rings. The number of hydrogen-bond donors (Lipinski definition) is 1. The molecule has 0 bridgehead atoms. The molecular formula is C24H30O6. The van der Waals surface area contributed by atoms with Crippen LogP contribution in [0, 0.1) is 41.5 Å². The van der Waals surface area contributed by atoms with Crippen molar-refractivity contribution in [2.24, 2.45) is 0 Å². The zero-order valence-electron chi connectivity index (χ0n) is 19.0. The lowest BCUT2D eigenvalue weighted by Crippen LogP contribution is -2.18. The maximum Gasteiger partial charge on any atom is 0.344 e.